The first kappa shape index (κ1) is 19.3. The van der Waals surface area contributed by atoms with Gasteiger partial charge in [0.1, 0.15) is 11.6 Å². The molecular weight excluding hydrogens is 389 g/mol. The van der Waals surface area contributed by atoms with Crippen molar-refractivity contribution in [2.45, 2.75) is 6.61 Å². The summed E-state index contributed by atoms with van der Waals surface area (Å²) in [5.74, 6) is -0.408. The first-order valence-electron chi connectivity index (χ1n) is 8.05. The Hall–Kier alpha value is -3.46. The van der Waals surface area contributed by atoms with Gasteiger partial charge in [-0.1, -0.05) is 23.7 Å². The molecule has 0 saturated heterocycles. The van der Waals surface area contributed by atoms with E-state index in [9.17, 15) is 9.18 Å². The van der Waals surface area contributed by atoms with Gasteiger partial charge in [0, 0.05) is 5.69 Å². The predicted octanol–water partition coefficient (Wildman–Crippen LogP) is 3.11. The number of halogens is 2. The molecule has 0 aliphatic carbocycles. The number of nitrogens with zero attached hydrogens (tertiary/aromatic N) is 3. The van der Waals surface area contributed by atoms with Crippen LogP contribution in [0.25, 0.3) is 0 Å². The lowest BCUT2D eigenvalue weighted by Gasteiger charge is -2.09. The summed E-state index contributed by atoms with van der Waals surface area (Å²) in [5.41, 5.74) is 6.21. The molecule has 28 heavy (non-hydrogen) atoms. The Balaban J connectivity index is 1.56. The highest BCUT2D eigenvalue weighted by molar-refractivity contribution is 6.32. The molecule has 0 amide bonds. The standard InChI is InChI=1S/C18H15ClFN5O3/c19-13-3-1-2-4-14(13)27-10-16(26)28-9-15-23-17(21)25-18(24-15)22-12-7-5-11(20)6-8-12/h1-8H,9-10H2,(H3,21,22,23,24,25). The van der Waals surface area contributed by atoms with Crippen LogP contribution in [0.3, 0.4) is 0 Å². The van der Waals surface area contributed by atoms with Crippen LogP contribution >= 0.6 is 11.6 Å². The molecule has 0 bridgehead atoms. The minimum absolute atomic E-state index is 0.0574. The highest BCUT2D eigenvalue weighted by Gasteiger charge is 2.10. The van der Waals surface area contributed by atoms with Crippen molar-refractivity contribution in [3.05, 3.63) is 65.2 Å². The van der Waals surface area contributed by atoms with Gasteiger partial charge < -0.3 is 20.5 Å². The Morgan fingerprint density at radius 1 is 1.11 bits per heavy atom. The van der Waals surface area contributed by atoms with Crippen molar-refractivity contribution in [1.82, 2.24) is 15.0 Å². The number of carbonyl (C=O) groups is 1. The number of nitrogens with one attached hydrogen (secondary N) is 1. The monoisotopic (exact) mass is 403 g/mol. The molecule has 3 aromatic rings. The van der Waals surface area contributed by atoms with E-state index in [1.165, 1.54) is 24.3 Å². The Morgan fingerprint density at radius 2 is 1.86 bits per heavy atom. The zero-order valence-corrected chi connectivity index (χ0v) is 15.2. The Bertz CT molecular complexity index is 972. The number of hydrogen-bond acceptors (Lipinski definition) is 8. The SMILES string of the molecule is Nc1nc(COC(=O)COc2ccccc2Cl)nc(Nc2ccc(F)cc2)n1. The van der Waals surface area contributed by atoms with E-state index >= 15 is 0 Å². The molecule has 0 unspecified atom stereocenters. The third-order valence-corrected chi connectivity index (χ3v) is 3.66. The number of hydrogen-bond donors (Lipinski definition) is 2. The highest BCUT2D eigenvalue weighted by atomic mass is 35.5. The van der Waals surface area contributed by atoms with Crippen LogP contribution in [-0.4, -0.2) is 27.5 Å². The summed E-state index contributed by atoms with van der Waals surface area (Å²) in [4.78, 5) is 23.8. The second kappa shape index (κ2) is 8.96. The quantitative estimate of drug-likeness (QED) is 0.578. The third-order valence-electron chi connectivity index (χ3n) is 3.34. The summed E-state index contributed by atoms with van der Waals surface area (Å²) in [6, 6.07) is 12.4. The van der Waals surface area contributed by atoms with Gasteiger partial charge in [-0.3, -0.25) is 0 Å². The topological polar surface area (TPSA) is 112 Å². The molecule has 1 heterocycles. The van der Waals surface area contributed by atoms with Gasteiger partial charge in [0.15, 0.2) is 19.0 Å². The summed E-state index contributed by atoms with van der Waals surface area (Å²) in [6.45, 7) is -0.555. The Morgan fingerprint density at radius 3 is 2.61 bits per heavy atom. The van der Waals surface area contributed by atoms with Crippen LogP contribution in [0.15, 0.2) is 48.5 Å². The van der Waals surface area contributed by atoms with E-state index in [1.807, 2.05) is 0 Å². The molecule has 0 aliphatic heterocycles. The maximum absolute atomic E-state index is 13.0. The van der Waals surface area contributed by atoms with Crippen molar-refractivity contribution in [2.24, 2.45) is 0 Å². The second-order valence-electron chi connectivity index (χ2n) is 5.45. The van der Waals surface area contributed by atoms with Crippen LogP contribution in [-0.2, 0) is 16.1 Å². The van der Waals surface area contributed by atoms with Crippen molar-refractivity contribution >= 4 is 35.2 Å². The molecule has 0 fully saturated rings. The zero-order valence-electron chi connectivity index (χ0n) is 14.4. The van der Waals surface area contributed by atoms with Crippen LogP contribution in [0.2, 0.25) is 5.02 Å². The van der Waals surface area contributed by atoms with Crippen molar-refractivity contribution in [2.75, 3.05) is 17.7 Å². The second-order valence-corrected chi connectivity index (χ2v) is 5.85. The lowest BCUT2D eigenvalue weighted by atomic mass is 10.3. The largest absolute Gasteiger partial charge is 0.480 e. The number of esters is 1. The Labute approximate surface area is 164 Å². The van der Waals surface area contributed by atoms with Crippen molar-refractivity contribution in [1.29, 1.82) is 0 Å². The average Bonchev–Trinajstić information content (AvgIpc) is 2.67. The maximum Gasteiger partial charge on any atom is 0.344 e. The molecule has 1 aromatic heterocycles. The number of carbonyl (C=O) groups excluding carboxylic acids is 1. The van der Waals surface area contributed by atoms with Crippen LogP contribution in [0.4, 0.5) is 22.0 Å². The minimum Gasteiger partial charge on any atom is -0.480 e. The number of anilines is 3. The summed E-state index contributed by atoms with van der Waals surface area (Å²) >= 11 is 5.94. The fourth-order valence-corrected chi connectivity index (χ4v) is 2.30. The lowest BCUT2D eigenvalue weighted by molar-refractivity contribution is -0.147. The summed E-state index contributed by atoms with van der Waals surface area (Å²) in [5, 5.41) is 3.25. The molecule has 0 spiro atoms. The van der Waals surface area contributed by atoms with Gasteiger partial charge >= 0.3 is 5.97 Å². The van der Waals surface area contributed by atoms with E-state index in [0.29, 0.717) is 16.5 Å². The molecule has 8 nitrogen and oxygen atoms in total. The van der Waals surface area contributed by atoms with Crippen LogP contribution in [0.1, 0.15) is 5.82 Å². The van der Waals surface area contributed by atoms with Gasteiger partial charge in [0.05, 0.1) is 5.02 Å². The van der Waals surface area contributed by atoms with Crippen molar-refractivity contribution in [3.63, 3.8) is 0 Å². The van der Waals surface area contributed by atoms with Gasteiger partial charge in [-0.05, 0) is 36.4 Å². The predicted molar refractivity (Wildman–Crippen MR) is 101 cm³/mol. The number of rotatable bonds is 7. The van der Waals surface area contributed by atoms with Crippen molar-refractivity contribution in [3.8, 4) is 5.75 Å². The van der Waals surface area contributed by atoms with E-state index in [2.05, 4.69) is 20.3 Å². The summed E-state index contributed by atoms with van der Waals surface area (Å²) in [6.07, 6.45) is 0. The van der Waals surface area contributed by atoms with Gasteiger partial charge in [-0.25, -0.2) is 9.18 Å². The first-order valence-corrected chi connectivity index (χ1v) is 8.43. The number of aromatic nitrogens is 3. The molecule has 0 atom stereocenters. The molecule has 3 N–H and O–H groups in total. The van der Waals surface area contributed by atoms with Gasteiger partial charge in [0.2, 0.25) is 11.9 Å². The average molecular weight is 404 g/mol. The smallest absolute Gasteiger partial charge is 0.344 e. The molecule has 10 heteroatoms. The molecule has 2 aromatic carbocycles. The van der Waals surface area contributed by atoms with Crippen LogP contribution in [0, 0.1) is 5.82 Å². The van der Waals surface area contributed by atoms with E-state index < -0.39 is 5.97 Å². The molecule has 0 saturated carbocycles. The van der Waals surface area contributed by atoms with Gasteiger partial charge in [0.25, 0.3) is 0 Å². The van der Waals surface area contributed by atoms with E-state index in [1.54, 1.807) is 24.3 Å². The third kappa shape index (κ3) is 5.52. The first-order chi connectivity index (χ1) is 13.5. The number of ether oxygens (including phenoxy) is 2. The fraction of sp³-hybridized carbons (Fsp3) is 0.111. The van der Waals surface area contributed by atoms with E-state index in [4.69, 9.17) is 26.8 Å². The number of nitrogen functional groups attached to an aromatic ring is 1. The normalized spacial score (nSPS) is 10.4. The fourth-order valence-electron chi connectivity index (χ4n) is 2.11. The summed E-state index contributed by atoms with van der Waals surface area (Å²) in [7, 11) is 0. The zero-order chi connectivity index (χ0) is 19.9. The van der Waals surface area contributed by atoms with Crippen LogP contribution in [0.5, 0.6) is 5.75 Å². The van der Waals surface area contributed by atoms with E-state index in [-0.39, 0.29) is 36.8 Å². The molecule has 144 valence electrons. The van der Waals surface area contributed by atoms with Gasteiger partial charge in [-0.2, -0.15) is 15.0 Å². The number of para-hydroxylation sites is 1. The minimum atomic E-state index is -0.632. The lowest BCUT2D eigenvalue weighted by Crippen LogP contribution is -2.16. The van der Waals surface area contributed by atoms with Crippen LogP contribution < -0.4 is 15.8 Å². The molecule has 0 aliphatic rings. The number of benzene rings is 2. The number of nitrogens with two attached hydrogens (primary N) is 1. The summed E-state index contributed by atoms with van der Waals surface area (Å²) < 4.78 is 23.3. The van der Waals surface area contributed by atoms with Gasteiger partial charge in [-0.15, -0.1) is 0 Å². The van der Waals surface area contributed by atoms with E-state index in [0.717, 1.165) is 0 Å². The van der Waals surface area contributed by atoms with Crippen molar-refractivity contribution < 1.29 is 18.7 Å². The molecule has 0 radical (unpaired) electrons. The Kier molecular flexibility index (Phi) is 6.18. The molecular formula is C18H15ClFN5O3. The molecule has 3 rings (SSSR count). The maximum atomic E-state index is 13.0. The highest BCUT2D eigenvalue weighted by Crippen LogP contribution is 2.23.